The van der Waals surface area contributed by atoms with Gasteiger partial charge in [0.25, 0.3) is 0 Å². The maximum absolute atomic E-state index is 12.0. The number of carbonyl (C=O) groups excluding carboxylic acids is 1. The van der Waals surface area contributed by atoms with Crippen LogP contribution in [0.5, 0.6) is 0 Å². The monoisotopic (exact) mass is 271 g/mol. The maximum Gasteiger partial charge on any atom is 0.360 e. The zero-order valence-electron chi connectivity index (χ0n) is 11.9. The first-order chi connectivity index (χ1) is 9.11. The molecule has 1 heterocycles. The van der Waals surface area contributed by atoms with Gasteiger partial charge in [-0.1, -0.05) is 19.1 Å². The van der Waals surface area contributed by atoms with Gasteiger partial charge in [-0.25, -0.2) is 9.48 Å². The Hall–Kier alpha value is -1.46. The molecule has 0 aromatic carbocycles. The van der Waals surface area contributed by atoms with E-state index in [-0.39, 0.29) is 12.6 Å². The fourth-order valence-electron chi connectivity index (χ4n) is 1.93. The Morgan fingerprint density at radius 3 is 2.68 bits per heavy atom. The smallest absolute Gasteiger partial charge is 0.360 e. The third-order valence-corrected chi connectivity index (χ3v) is 2.79. The number of halogens is 1. The molecular weight excluding hydrogens is 249 g/mol. The molecule has 0 atom stereocenters. The van der Waals surface area contributed by atoms with Gasteiger partial charge in [0.05, 0.1) is 19.0 Å². The third kappa shape index (κ3) is 4.29. The number of esters is 1. The van der Waals surface area contributed by atoms with E-state index in [1.165, 1.54) is 0 Å². The topological polar surface area (TPSA) is 57.0 Å². The molecule has 1 aromatic heterocycles. The molecule has 6 heteroatoms. The van der Waals surface area contributed by atoms with Crippen LogP contribution in [0.15, 0.2) is 0 Å². The highest BCUT2D eigenvalue weighted by Crippen LogP contribution is 2.19. The van der Waals surface area contributed by atoms with Crippen LogP contribution >= 0.6 is 0 Å². The van der Waals surface area contributed by atoms with Crippen molar-refractivity contribution in [3.8, 4) is 0 Å². The van der Waals surface area contributed by atoms with Gasteiger partial charge < -0.3 is 4.74 Å². The summed E-state index contributed by atoms with van der Waals surface area (Å²) in [7, 11) is 0. The Morgan fingerprint density at radius 2 is 2.11 bits per heavy atom. The largest absolute Gasteiger partial charge is 0.461 e. The van der Waals surface area contributed by atoms with E-state index >= 15 is 0 Å². The predicted octanol–water partition coefficient (Wildman–Crippen LogP) is 2.72. The van der Waals surface area contributed by atoms with Crippen molar-refractivity contribution < 1.29 is 13.9 Å². The molecule has 0 saturated carbocycles. The average Bonchev–Trinajstić information content (AvgIpc) is 2.79. The van der Waals surface area contributed by atoms with E-state index in [1.807, 2.05) is 13.8 Å². The van der Waals surface area contributed by atoms with Gasteiger partial charge in [-0.3, -0.25) is 4.39 Å². The molecule has 0 aliphatic rings. The van der Waals surface area contributed by atoms with Crippen molar-refractivity contribution in [2.24, 2.45) is 0 Å². The number of hydrogen-bond donors (Lipinski definition) is 0. The van der Waals surface area contributed by atoms with E-state index in [0.717, 1.165) is 18.5 Å². The van der Waals surface area contributed by atoms with Crippen LogP contribution in [0.1, 0.15) is 62.1 Å². The van der Waals surface area contributed by atoms with Crippen LogP contribution in [-0.4, -0.2) is 34.2 Å². The second kappa shape index (κ2) is 7.86. The molecule has 0 spiro atoms. The number of rotatable bonds is 8. The summed E-state index contributed by atoms with van der Waals surface area (Å²) in [6.45, 7) is 6.41. The quantitative estimate of drug-likeness (QED) is 0.539. The first-order valence-electron chi connectivity index (χ1n) is 6.78. The van der Waals surface area contributed by atoms with Gasteiger partial charge in [0.15, 0.2) is 5.69 Å². The normalized spacial score (nSPS) is 11.0. The number of aromatic nitrogens is 3. The lowest BCUT2D eigenvalue weighted by molar-refractivity contribution is 0.0517. The van der Waals surface area contributed by atoms with Crippen molar-refractivity contribution in [2.45, 2.75) is 52.5 Å². The highest BCUT2D eigenvalue weighted by atomic mass is 19.1. The van der Waals surface area contributed by atoms with Crippen LogP contribution in [0, 0.1) is 0 Å². The minimum absolute atomic E-state index is 0.135. The van der Waals surface area contributed by atoms with Crippen LogP contribution in [-0.2, 0) is 11.3 Å². The number of carbonyl (C=O) groups is 1. The fraction of sp³-hybridized carbons (Fsp3) is 0.769. The van der Waals surface area contributed by atoms with E-state index in [0.29, 0.717) is 25.3 Å². The summed E-state index contributed by atoms with van der Waals surface area (Å²) >= 11 is 0. The average molecular weight is 271 g/mol. The molecular formula is C13H22FN3O2. The van der Waals surface area contributed by atoms with E-state index in [1.54, 1.807) is 11.6 Å². The van der Waals surface area contributed by atoms with Gasteiger partial charge in [-0.05, 0) is 32.1 Å². The van der Waals surface area contributed by atoms with Crippen molar-refractivity contribution in [3.63, 3.8) is 0 Å². The second-order valence-corrected chi connectivity index (χ2v) is 4.67. The zero-order chi connectivity index (χ0) is 14.3. The summed E-state index contributed by atoms with van der Waals surface area (Å²) < 4.78 is 18.7. The molecule has 0 aliphatic carbocycles. The van der Waals surface area contributed by atoms with E-state index < -0.39 is 5.97 Å². The van der Waals surface area contributed by atoms with Crippen molar-refractivity contribution >= 4 is 5.97 Å². The Balaban J connectivity index is 2.78. The Morgan fingerprint density at radius 1 is 1.37 bits per heavy atom. The summed E-state index contributed by atoms with van der Waals surface area (Å²) in [5, 5.41) is 7.93. The molecule has 0 radical (unpaired) electrons. The lowest BCUT2D eigenvalue weighted by Gasteiger charge is -2.10. The van der Waals surface area contributed by atoms with Crippen LogP contribution in [0.25, 0.3) is 0 Å². The first-order valence-corrected chi connectivity index (χ1v) is 6.78. The highest BCUT2D eigenvalue weighted by Gasteiger charge is 2.22. The lowest BCUT2D eigenvalue weighted by Crippen LogP contribution is -2.12. The van der Waals surface area contributed by atoms with Crippen molar-refractivity contribution in [1.29, 1.82) is 0 Å². The van der Waals surface area contributed by atoms with Crippen LogP contribution < -0.4 is 0 Å². The van der Waals surface area contributed by atoms with Gasteiger partial charge in [-0.2, -0.15) is 0 Å². The number of unbranched alkanes of at least 4 members (excludes halogenated alkanes) is 2. The Kier molecular flexibility index (Phi) is 6.45. The second-order valence-electron chi connectivity index (χ2n) is 4.67. The van der Waals surface area contributed by atoms with E-state index in [2.05, 4.69) is 10.3 Å². The van der Waals surface area contributed by atoms with Gasteiger partial charge in [0, 0.05) is 6.54 Å². The summed E-state index contributed by atoms with van der Waals surface area (Å²) in [6, 6.07) is 0. The van der Waals surface area contributed by atoms with Crippen LogP contribution in [0.4, 0.5) is 4.39 Å². The Bertz CT molecular complexity index is 405. The number of aryl methyl sites for hydroxylation is 1. The molecule has 0 N–H and O–H groups in total. The molecule has 1 aromatic rings. The number of hydrogen-bond acceptors (Lipinski definition) is 4. The van der Waals surface area contributed by atoms with Crippen LogP contribution in [0.3, 0.4) is 0 Å². The van der Waals surface area contributed by atoms with E-state index in [4.69, 9.17) is 4.74 Å². The number of nitrogens with zero attached hydrogens (tertiary/aromatic N) is 3. The van der Waals surface area contributed by atoms with Gasteiger partial charge >= 0.3 is 5.97 Å². The molecule has 0 fully saturated rings. The molecule has 0 unspecified atom stereocenters. The summed E-state index contributed by atoms with van der Waals surface area (Å²) in [5.41, 5.74) is 1.08. The van der Waals surface area contributed by atoms with Crippen molar-refractivity contribution in [3.05, 3.63) is 11.4 Å². The minimum Gasteiger partial charge on any atom is -0.461 e. The lowest BCUT2D eigenvalue weighted by atomic mass is 10.1. The molecule has 108 valence electrons. The number of alkyl halides is 1. The molecule has 1 rings (SSSR count). The third-order valence-electron chi connectivity index (χ3n) is 2.79. The minimum atomic E-state index is -0.429. The first kappa shape index (κ1) is 15.6. The standard InChI is InChI=1S/C13H22FN3O2/c1-4-19-13(18)11-12(10(2)3)17(16-15-11)9-7-5-6-8-14/h10H,4-9H2,1-3H3. The summed E-state index contributed by atoms with van der Waals surface area (Å²) in [6.07, 6.45) is 2.20. The summed E-state index contributed by atoms with van der Waals surface area (Å²) in [5.74, 6) is -0.295. The van der Waals surface area contributed by atoms with Crippen molar-refractivity contribution in [1.82, 2.24) is 15.0 Å². The summed E-state index contributed by atoms with van der Waals surface area (Å²) in [4.78, 5) is 11.8. The number of ether oxygens (including phenoxy) is 1. The predicted molar refractivity (Wildman–Crippen MR) is 69.9 cm³/mol. The zero-order valence-corrected chi connectivity index (χ0v) is 11.9. The molecule has 0 aliphatic heterocycles. The molecule has 0 saturated heterocycles. The molecule has 0 bridgehead atoms. The molecule has 19 heavy (non-hydrogen) atoms. The van der Waals surface area contributed by atoms with E-state index in [9.17, 15) is 9.18 Å². The van der Waals surface area contributed by atoms with Gasteiger partial charge in [0.1, 0.15) is 0 Å². The van der Waals surface area contributed by atoms with Crippen LogP contribution in [0.2, 0.25) is 0 Å². The maximum atomic E-state index is 12.0. The SMILES string of the molecule is CCOC(=O)c1nnn(CCCCCF)c1C(C)C. The van der Waals surface area contributed by atoms with Gasteiger partial charge in [0.2, 0.25) is 0 Å². The molecule has 5 nitrogen and oxygen atoms in total. The molecule has 0 amide bonds. The highest BCUT2D eigenvalue weighted by molar-refractivity contribution is 5.88. The fourth-order valence-corrected chi connectivity index (χ4v) is 1.93. The van der Waals surface area contributed by atoms with Gasteiger partial charge in [-0.15, -0.1) is 5.10 Å². The Labute approximate surface area is 113 Å². The van der Waals surface area contributed by atoms with Crippen molar-refractivity contribution in [2.75, 3.05) is 13.3 Å².